The number of halogens is 1. The Bertz CT molecular complexity index is 1000. The zero-order chi connectivity index (χ0) is 23.6. The Morgan fingerprint density at radius 1 is 1.16 bits per heavy atom. The molecule has 0 saturated heterocycles. The summed E-state index contributed by atoms with van der Waals surface area (Å²) in [5.41, 5.74) is -0.808. The van der Waals surface area contributed by atoms with Crippen LogP contribution in [0.1, 0.15) is 67.0 Å². The number of pyridine rings is 1. The first-order valence-corrected chi connectivity index (χ1v) is 10.7. The molecule has 0 spiro atoms. The van der Waals surface area contributed by atoms with Crippen LogP contribution in [0.3, 0.4) is 0 Å². The number of benzene rings is 1. The van der Waals surface area contributed by atoms with Crippen molar-refractivity contribution in [2.45, 2.75) is 79.9 Å². The lowest BCUT2D eigenvalue weighted by atomic mass is 9.96. The maximum atomic E-state index is 14.0. The zero-order valence-corrected chi connectivity index (χ0v) is 19.7. The van der Waals surface area contributed by atoms with Crippen LogP contribution in [0.4, 0.5) is 9.18 Å². The summed E-state index contributed by atoms with van der Waals surface area (Å²) in [7, 11) is 0. The van der Waals surface area contributed by atoms with E-state index >= 15 is 0 Å². The lowest BCUT2D eigenvalue weighted by Gasteiger charge is -2.35. The number of amides is 1. The van der Waals surface area contributed by atoms with E-state index in [1.807, 2.05) is 27.7 Å². The van der Waals surface area contributed by atoms with E-state index in [9.17, 15) is 19.1 Å². The third-order valence-electron chi connectivity index (χ3n) is 5.02. The van der Waals surface area contributed by atoms with Gasteiger partial charge in [-0.05, 0) is 50.8 Å². The standard InChI is InChI=1S/C24H35FN2O4/c1-8-9-12-31-20-17-11-10-16(25)13-18(17)21(28)26(15-23(2,3)4)19(20)14-27(22(29)30)24(5,6)7/h10-11,13H,8-9,12,14-15H2,1-7H3,(H,29,30). The van der Waals surface area contributed by atoms with Gasteiger partial charge in [-0.1, -0.05) is 34.1 Å². The van der Waals surface area contributed by atoms with Crippen molar-refractivity contribution in [3.05, 3.63) is 40.1 Å². The van der Waals surface area contributed by atoms with E-state index in [1.165, 1.54) is 17.0 Å². The highest BCUT2D eigenvalue weighted by Gasteiger charge is 2.30. The number of unbranched alkanes of at least 4 members (excludes halogenated alkanes) is 1. The molecular weight excluding hydrogens is 399 g/mol. The molecule has 0 atom stereocenters. The normalized spacial score (nSPS) is 12.3. The highest BCUT2D eigenvalue weighted by atomic mass is 19.1. The minimum atomic E-state index is -1.08. The van der Waals surface area contributed by atoms with Crippen molar-refractivity contribution in [3.8, 4) is 5.75 Å². The summed E-state index contributed by atoms with van der Waals surface area (Å²) in [6.45, 7) is 14.2. The molecule has 7 heteroatoms. The quantitative estimate of drug-likeness (QED) is 0.572. The van der Waals surface area contributed by atoms with E-state index in [-0.39, 0.29) is 22.9 Å². The summed E-state index contributed by atoms with van der Waals surface area (Å²) in [5, 5.41) is 10.6. The Kier molecular flexibility index (Phi) is 7.40. The maximum Gasteiger partial charge on any atom is 0.408 e. The van der Waals surface area contributed by atoms with E-state index in [0.29, 0.717) is 30.0 Å². The second-order valence-corrected chi connectivity index (χ2v) is 10.2. The predicted octanol–water partition coefficient (Wildman–Crippen LogP) is 5.64. The summed E-state index contributed by atoms with van der Waals surface area (Å²) in [4.78, 5) is 26.8. The molecule has 1 amide bonds. The van der Waals surface area contributed by atoms with Crippen LogP contribution in [0, 0.1) is 11.2 Å². The van der Waals surface area contributed by atoms with Crippen LogP contribution in [0.2, 0.25) is 0 Å². The first-order chi connectivity index (χ1) is 14.3. The number of ether oxygens (including phenoxy) is 1. The molecule has 0 unspecified atom stereocenters. The van der Waals surface area contributed by atoms with Crippen molar-refractivity contribution in [1.29, 1.82) is 0 Å². The molecular formula is C24H35FN2O4. The summed E-state index contributed by atoms with van der Waals surface area (Å²) >= 11 is 0. The lowest BCUT2D eigenvalue weighted by molar-refractivity contribution is 0.0924. The first kappa shape index (κ1) is 24.7. The Balaban J connectivity index is 2.87. The van der Waals surface area contributed by atoms with Crippen LogP contribution >= 0.6 is 0 Å². The number of carbonyl (C=O) groups is 1. The van der Waals surface area contributed by atoms with Gasteiger partial charge >= 0.3 is 6.09 Å². The van der Waals surface area contributed by atoms with E-state index in [1.54, 1.807) is 31.4 Å². The molecule has 6 nitrogen and oxygen atoms in total. The van der Waals surface area contributed by atoms with Crippen LogP contribution in [-0.4, -0.2) is 32.8 Å². The fraction of sp³-hybridized carbons (Fsp3) is 0.583. The van der Waals surface area contributed by atoms with Crippen molar-refractivity contribution < 1.29 is 19.0 Å². The molecule has 0 fully saturated rings. The number of aromatic nitrogens is 1. The number of hydrogen-bond acceptors (Lipinski definition) is 3. The van der Waals surface area contributed by atoms with Crippen molar-refractivity contribution >= 4 is 16.9 Å². The van der Waals surface area contributed by atoms with Crippen LogP contribution in [0.15, 0.2) is 23.0 Å². The van der Waals surface area contributed by atoms with E-state index in [4.69, 9.17) is 4.74 Å². The molecule has 0 bridgehead atoms. The Labute approximate surface area is 183 Å². The fourth-order valence-corrected chi connectivity index (χ4v) is 3.46. The van der Waals surface area contributed by atoms with Crippen molar-refractivity contribution in [2.24, 2.45) is 5.41 Å². The molecule has 0 aliphatic heterocycles. The molecule has 1 aromatic carbocycles. The van der Waals surface area contributed by atoms with Gasteiger partial charge in [0.2, 0.25) is 0 Å². The molecule has 31 heavy (non-hydrogen) atoms. The maximum absolute atomic E-state index is 14.0. The van der Waals surface area contributed by atoms with Crippen LogP contribution < -0.4 is 10.3 Å². The number of nitrogens with zero attached hydrogens (tertiary/aromatic N) is 2. The van der Waals surface area contributed by atoms with Crippen LogP contribution in [0.25, 0.3) is 10.8 Å². The molecule has 0 aliphatic rings. The number of hydrogen-bond donors (Lipinski definition) is 1. The third kappa shape index (κ3) is 5.99. The highest BCUT2D eigenvalue weighted by molar-refractivity contribution is 5.88. The second kappa shape index (κ2) is 9.28. The van der Waals surface area contributed by atoms with Gasteiger partial charge in [0.05, 0.1) is 24.2 Å². The van der Waals surface area contributed by atoms with Crippen molar-refractivity contribution in [1.82, 2.24) is 9.47 Å². The van der Waals surface area contributed by atoms with Gasteiger partial charge in [0.25, 0.3) is 5.56 Å². The average molecular weight is 435 g/mol. The summed E-state index contributed by atoms with van der Waals surface area (Å²) in [6.07, 6.45) is 0.649. The van der Waals surface area contributed by atoms with Crippen LogP contribution in [0.5, 0.6) is 5.75 Å². The highest BCUT2D eigenvalue weighted by Crippen LogP contribution is 2.32. The topological polar surface area (TPSA) is 71.8 Å². The molecule has 172 valence electrons. The molecule has 1 heterocycles. The third-order valence-corrected chi connectivity index (χ3v) is 5.02. The average Bonchev–Trinajstić information content (AvgIpc) is 2.62. The van der Waals surface area contributed by atoms with Gasteiger partial charge in [0.15, 0.2) is 0 Å². The molecule has 0 radical (unpaired) electrons. The van der Waals surface area contributed by atoms with E-state index in [2.05, 4.69) is 0 Å². The van der Waals surface area contributed by atoms with Gasteiger partial charge in [0, 0.05) is 17.5 Å². The molecule has 1 aromatic heterocycles. The minimum absolute atomic E-state index is 0.0150. The second-order valence-electron chi connectivity index (χ2n) is 10.2. The smallest absolute Gasteiger partial charge is 0.408 e. The predicted molar refractivity (Wildman–Crippen MR) is 121 cm³/mol. The van der Waals surface area contributed by atoms with Crippen molar-refractivity contribution in [2.75, 3.05) is 6.61 Å². The zero-order valence-electron chi connectivity index (χ0n) is 19.7. The van der Waals surface area contributed by atoms with Crippen molar-refractivity contribution in [3.63, 3.8) is 0 Å². The summed E-state index contributed by atoms with van der Waals surface area (Å²) in [6, 6.07) is 4.07. The van der Waals surface area contributed by atoms with E-state index < -0.39 is 17.4 Å². The molecule has 2 aromatic rings. The number of rotatable bonds is 7. The van der Waals surface area contributed by atoms with Gasteiger partial charge < -0.3 is 14.4 Å². The lowest BCUT2D eigenvalue weighted by Crippen LogP contribution is -2.45. The van der Waals surface area contributed by atoms with Gasteiger partial charge in [-0.3, -0.25) is 9.69 Å². The monoisotopic (exact) mass is 434 g/mol. The Morgan fingerprint density at radius 2 is 1.81 bits per heavy atom. The fourth-order valence-electron chi connectivity index (χ4n) is 3.46. The molecule has 1 N–H and O–H groups in total. The van der Waals surface area contributed by atoms with Gasteiger partial charge in [-0.15, -0.1) is 0 Å². The number of fused-ring (bicyclic) bond motifs is 1. The summed E-state index contributed by atoms with van der Waals surface area (Å²) in [5.74, 6) is -0.0520. The van der Waals surface area contributed by atoms with E-state index in [0.717, 1.165) is 12.8 Å². The molecule has 0 aliphatic carbocycles. The van der Waals surface area contributed by atoms with Gasteiger partial charge in [0.1, 0.15) is 11.6 Å². The first-order valence-electron chi connectivity index (χ1n) is 10.7. The Hall–Kier alpha value is -2.57. The van der Waals surface area contributed by atoms with Gasteiger partial charge in [-0.2, -0.15) is 0 Å². The van der Waals surface area contributed by atoms with Crippen LogP contribution in [-0.2, 0) is 13.1 Å². The van der Waals surface area contributed by atoms with Gasteiger partial charge in [-0.25, -0.2) is 9.18 Å². The Morgan fingerprint density at radius 3 is 2.32 bits per heavy atom. The minimum Gasteiger partial charge on any atom is -0.491 e. The number of carboxylic acid groups (broad SMARTS) is 1. The SMILES string of the molecule is CCCCOc1c(CN(C(=O)O)C(C)(C)C)n(CC(C)(C)C)c(=O)c2cc(F)ccc12. The molecule has 2 rings (SSSR count). The summed E-state index contributed by atoms with van der Waals surface area (Å²) < 4.78 is 21.7. The largest absolute Gasteiger partial charge is 0.491 e. The molecule has 0 saturated carbocycles.